The van der Waals surface area contributed by atoms with Crippen molar-refractivity contribution in [3.05, 3.63) is 0 Å². The molecule has 1 saturated heterocycles. The maximum atomic E-state index is 12.1. The van der Waals surface area contributed by atoms with Crippen molar-refractivity contribution in [2.75, 3.05) is 19.6 Å². The van der Waals surface area contributed by atoms with Crippen molar-refractivity contribution in [1.29, 1.82) is 0 Å². The number of hydrogen-bond acceptors (Lipinski definition) is 3. The lowest BCUT2D eigenvalue weighted by Crippen LogP contribution is -2.47. The third kappa shape index (κ3) is 3.46. The van der Waals surface area contributed by atoms with Gasteiger partial charge in [-0.3, -0.25) is 9.59 Å². The topological polar surface area (TPSA) is 113 Å². The lowest BCUT2D eigenvalue weighted by Gasteiger charge is -2.28. The smallest absolute Gasteiger partial charge is 0.317 e. The number of rotatable bonds is 6. The van der Waals surface area contributed by atoms with Crippen LogP contribution in [-0.2, 0) is 9.59 Å². The second-order valence-corrected chi connectivity index (χ2v) is 6.05. The Hall–Kier alpha value is -1.79. The molecule has 1 heterocycles. The zero-order valence-electron chi connectivity index (χ0n) is 12.9. The highest BCUT2D eigenvalue weighted by molar-refractivity contribution is 5.83. The van der Waals surface area contributed by atoms with E-state index in [9.17, 15) is 19.5 Å². The molecular formula is C14H25N3O4. The zero-order valence-corrected chi connectivity index (χ0v) is 12.9. The van der Waals surface area contributed by atoms with Crippen molar-refractivity contribution in [3.63, 3.8) is 0 Å². The standard InChI is InChI=1S/C14H25N3O4/c1-4-14(5-2,11(19)20)8-16-12(21)17-7-6-13(3,9-17)10(15)18/h4-9H2,1-3H3,(H2,15,18)(H,16,21)(H,19,20). The molecular weight excluding hydrogens is 274 g/mol. The minimum absolute atomic E-state index is 0.0813. The third-order valence-electron chi connectivity index (χ3n) is 4.74. The van der Waals surface area contributed by atoms with Crippen LogP contribution in [0.3, 0.4) is 0 Å². The molecule has 21 heavy (non-hydrogen) atoms. The van der Waals surface area contributed by atoms with Crippen molar-refractivity contribution in [2.24, 2.45) is 16.6 Å². The van der Waals surface area contributed by atoms with Crippen LogP contribution in [-0.4, -0.2) is 47.5 Å². The van der Waals surface area contributed by atoms with Gasteiger partial charge < -0.3 is 21.1 Å². The van der Waals surface area contributed by atoms with Crippen molar-refractivity contribution >= 4 is 17.9 Å². The number of aliphatic carboxylic acids is 1. The summed E-state index contributed by atoms with van der Waals surface area (Å²) in [7, 11) is 0. The van der Waals surface area contributed by atoms with E-state index in [1.807, 2.05) is 0 Å². The van der Waals surface area contributed by atoms with Gasteiger partial charge in [0.1, 0.15) is 0 Å². The second kappa shape index (κ2) is 6.32. The van der Waals surface area contributed by atoms with Crippen LogP contribution in [0.2, 0.25) is 0 Å². The Morgan fingerprint density at radius 2 is 1.90 bits per heavy atom. The van der Waals surface area contributed by atoms with Crippen molar-refractivity contribution < 1.29 is 19.5 Å². The van der Waals surface area contributed by atoms with Gasteiger partial charge in [-0.25, -0.2) is 4.79 Å². The number of hydrogen-bond donors (Lipinski definition) is 3. The fourth-order valence-electron chi connectivity index (χ4n) is 2.57. The number of primary amides is 1. The summed E-state index contributed by atoms with van der Waals surface area (Å²) in [5.74, 6) is -1.32. The molecule has 7 heteroatoms. The Bertz CT molecular complexity index is 434. The number of likely N-dealkylation sites (tertiary alicyclic amines) is 1. The zero-order chi connectivity index (χ0) is 16.3. The van der Waals surface area contributed by atoms with Gasteiger partial charge in [-0.05, 0) is 26.2 Å². The average molecular weight is 299 g/mol. The Morgan fingerprint density at radius 1 is 1.33 bits per heavy atom. The van der Waals surface area contributed by atoms with Crippen LogP contribution in [0.25, 0.3) is 0 Å². The molecule has 0 aromatic carbocycles. The van der Waals surface area contributed by atoms with Crippen LogP contribution in [0.1, 0.15) is 40.0 Å². The molecule has 0 bridgehead atoms. The Morgan fingerprint density at radius 3 is 2.29 bits per heavy atom. The van der Waals surface area contributed by atoms with Crippen LogP contribution in [0.15, 0.2) is 0 Å². The van der Waals surface area contributed by atoms with Crippen LogP contribution in [0, 0.1) is 10.8 Å². The van der Waals surface area contributed by atoms with Gasteiger partial charge >= 0.3 is 12.0 Å². The summed E-state index contributed by atoms with van der Waals surface area (Å²) in [6.45, 7) is 6.13. The molecule has 0 saturated carbocycles. The van der Waals surface area contributed by atoms with Crippen molar-refractivity contribution in [1.82, 2.24) is 10.2 Å². The van der Waals surface area contributed by atoms with Crippen molar-refractivity contribution in [2.45, 2.75) is 40.0 Å². The normalized spacial score (nSPS) is 22.1. The largest absolute Gasteiger partial charge is 0.481 e. The van der Waals surface area contributed by atoms with Gasteiger partial charge in [-0.2, -0.15) is 0 Å². The molecule has 1 aliphatic rings. The highest BCUT2D eigenvalue weighted by Gasteiger charge is 2.41. The molecule has 7 nitrogen and oxygen atoms in total. The molecule has 1 unspecified atom stereocenters. The molecule has 4 N–H and O–H groups in total. The molecule has 3 amide bonds. The summed E-state index contributed by atoms with van der Waals surface area (Å²) < 4.78 is 0. The lowest BCUT2D eigenvalue weighted by molar-refractivity contribution is -0.149. The molecule has 0 aliphatic carbocycles. The van der Waals surface area contributed by atoms with Crippen LogP contribution in [0.4, 0.5) is 4.79 Å². The van der Waals surface area contributed by atoms with Gasteiger partial charge in [0.25, 0.3) is 0 Å². The highest BCUT2D eigenvalue weighted by Crippen LogP contribution is 2.30. The first kappa shape index (κ1) is 17.3. The number of carboxylic acid groups (broad SMARTS) is 1. The van der Waals surface area contributed by atoms with E-state index in [0.717, 1.165) is 0 Å². The number of nitrogens with two attached hydrogens (primary N) is 1. The monoisotopic (exact) mass is 299 g/mol. The van der Waals surface area contributed by atoms with E-state index in [0.29, 0.717) is 25.8 Å². The third-order valence-corrected chi connectivity index (χ3v) is 4.74. The van der Waals surface area contributed by atoms with Gasteiger partial charge in [0, 0.05) is 19.6 Å². The lowest BCUT2D eigenvalue weighted by atomic mass is 9.82. The molecule has 0 spiro atoms. The quantitative estimate of drug-likeness (QED) is 0.672. The molecule has 1 aliphatic heterocycles. The van der Waals surface area contributed by atoms with E-state index in [1.165, 1.54) is 4.90 Å². The molecule has 1 atom stereocenters. The maximum Gasteiger partial charge on any atom is 0.317 e. The van der Waals surface area contributed by atoms with E-state index in [2.05, 4.69) is 5.32 Å². The summed E-state index contributed by atoms with van der Waals surface area (Å²) in [5.41, 5.74) is 3.71. The van der Waals surface area contributed by atoms with Gasteiger partial charge in [0.05, 0.1) is 10.8 Å². The minimum atomic E-state index is -0.942. The van der Waals surface area contributed by atoms with E-state index in [1.54, 1.807) is 20.8 Å². The van der Waals surface area contributed by atoms with E-state index in [4.69, 9.17) is 5.73 Å². The highest BCUT2D eigenvalue weighted by atomic mass is 16.4. The molecule has 1 fully saturated rings. The van der Waals surface area contributed by atoms with Crippen LogP contribution >= 0.6 is 0 Å². The number of carbonyl (C=O) groups is 3. The Kier molecular flexibility index (Phi) is 5.20. The fraction of sp³-hybridized carbons (Fsp3) is 0.786. The first-order valence-electron chi connectivity index (χ1n) is 7.27. The molecule has 0 radical (unpaired) electrons. The first-order chi connectivity index (χ1) is 9.70. The maximum absolute atomic E-state index is 12.1. The number of nitrogens with zero attached hydrogens (tertiary/aromatic N) is 1. The number of carboxylic acids is 1. The number of nitrogens with one attached hydrogen (secondary N) is 1. The van der Waals surface area contributed by atoms with E-state index >= 15 is 0 Å². The summed E-state index contributed by atoms with van der Waals surface area (Å²) in [6, 6.07) is -0.340. The predicted octanol–water partition coefficient (Wildman–Crippen LogP) is 0.784. The minimum Gasteiger partial charge on any atom is -0.481 e. The molecule has 0 aromatic rings. The summed E-state index contributed by atoms with van der Waals surface area (Å²) in [4.78, 5) is 36.4. The number of urea groups is 1. The first-order valence-corrected chi connectivity index (χ1v) is 7.27. The van der Waals surface area contributed by atoms with Gasteiger partial charge in [-0.1, -0.05) is 13.8 Å². The van der Waals surface area contributed by atoms with Gasteiger partial charge in [0.2, 0.25) is 5.91 Å². The summed E-state index contributed by atoms with van der Waals surface area (Å²) in [6.07, 6.45) is 1.41. The van der Waals surface area contributed by atoms with Gasteiger partial charge in [-0.15, -0.1) is 0 Å². The summed E-state index contributed by atoms with van der Waals surface area (Å²) >= 11 is 0. The van der Waals surface area contributed by atoms with Crippen LogP contribution in [0.5, 0.6) is 0 Å². The number of carbonyl (C=O) groups excluding carboxylic acids is 2. The predicted molar refractivity (Wildman–Crippen MR) is 77.5 cm³/mol. The van der Waals surface area contributed by atoms with Crippen molar-refractivity contribution in [3.8, 4) is 0 Å². The van der Waals surface area contributed by atoms with Gasteiger partial charge in [0.15, 0.2) is 0 Å². The molecule has 0 aromatic heterocycles. The summed E-state index contributed by atoms with van der Waals surface area (Å²) in [5, 5.41) is 12.0. The van der Waals surface area contributed by atoms with E-state index < -0.39 is 22.7 Å². The Labute approximate surface area is 124 Å². The second-order valence-electron chi connectivity index (χ2n) is 6.05. The SMILES string of the molecule is CCC(CC)(CNC(=O)N1CCC(C)(C(N)=O)C1)C(=O)O. The molecule has 1 rings (SSSR count). The van der Waals surface area contributed by atoms with E-state index in [-0.39, 0.29) is 19.1 Å². The molecule has 120 valence electrons. The average Bonchev–Trinajstić information content (AvgIpc) is 2.84. The Balaban J connectivity index is 2.63. The fourth-order valence-corrected chi connectivity index (χ4v) is 2.57. The van der Waals surface area contributed by atoms with Crippen LogP contribution < -0.4 is 11.1 Å². The number of amides is 3.